The normalized spacial score (nSPS) is 20.0. The van der Waals surface area contributed by atoms with Crippen LogP contribution in [0, 0.1) is 5.92 Å². The largest absolute Gasteiger partial charge is 0.352 e. The van der Waals surface area contributed by atoms with Crippen LogP contribution in [0.2, 0.25) is 0 Å². The summed E-state index contributed by atoms with van der Waals surface area (Å²) in [5.74, 6) is 0.562. The van der Waals surface area contributed by atoms with E-state index in [-0.39, 0.29) is 30.3 Å². The van der Waals surface area contributed by atoms with Gasteiger partial charge in [0.25, 0.3) is 5.91 Å². The number of piperazine rings is 1. The second kappa shape index (κ2) is 8.55. The zero-order chi connectivity index (χ0) is 19.4. The lowest BCUT2D eigenvalue weighted by Crippen LogP contribution is -2.60. The minimum atomic E-state index is -0.286. The maximum atomic E-state index is 12.7. The van der Waals surface area contributed by atoms with Gasteiger partial charge >= 0.3 is 0 Å². The third-order valence-corrected chi connectivity index (χ3v) is 5.34. The van der Waals surface area contributed by atoms with Crippen LogP contribution in [0.1, 0.15) is 55.5 Å². The molecule has 0 bridgehead atoms. The van der Waals surface area contributed by atoms with E-state index in [2.05, 4.69) is 19.2 Å². The van der Waals surface area contributed by atoms with E-state index in [4.69, 9.17) is 0 Å². The number of benzene rings is 1. The number of hydrogen-bond acceptors (Lipinski definition) is 3. The summed E-state index contributed by atoms with van der Waals surface area (Å²) in [6.45, 7) is 6.17. The fraction of sp³-hybridized carbons (Fsp3) is 0.571. The van der Waals surface area contributed by atoms with Gasteiger partial charge in [0.2, 0.25) is 11.8 Å². The summed E-state index contributed by atoms with van der Waals surface area (Å²) >= 11 is 0. The lowest BCUT2D eigenvalue weighted by atomic mass is 9.98. The van der Waals surface area contributed by atoms with E-state index in [1.54, 1.807) is 21.9 Å². The topological polar surface area (TPSA) is 69.7 Å². The van der Waals surface area contributed by atoms with Crippen molar-refractivity contribution in [3.05, 3.63) is 35.4 Å². The predicted molar refractivity (Wildman–Crippen MR) is 103 cm³/mol. The monoisotopic (exact) mass is 371 g/mol. The number of nitrogens with one attached hydrogen (secondary N) is 1. The van der Waals surface area contributed by atoms with E-state index in [0.717, 1.165) is 31.2 Å². The van der Waals surface area contributed by atoms with Crippen LogP contribution in [0.3, 0.4) is 0 Å². The van der Waals surface area contributed by atoms with Gasteiger partial charge in [-0.1, -0.05) is 26.0 Å². The van der Waals surface area contributed by atoms with Gasteiger partial charge in [-0.3, -0.25) is 14.4 Å². The molecule has 2 heterocycles. The van der Waals surface area contributed by atoms with Crippen LogP contribution >= 0.6 is 0 Å². The van der Waals surface area contributed by atoms with Crippen LogP contribution in [-0.2, 0) is 16.1 Å². The third-order valence-electron chi connectivity index (χ3n) is 5.34. The highest BCUT2D eigenvalue weighted by Gasteiger charge is 2.40. The average Bonchev–Trinajstić information content (AvgIpc) is 2.66. The lowest BCUT2D eigenvalue weighted by molar-refractivity contribution is -0.158. The Hall–Kier alpha value is -2.37. The molecule has 2 aliphatic rings. The van der Waals surface area contributed by atoms with E-state index in [9.17, 15) is 14.4 Å². The van der Waals surface area contributed by atoms with Gasteiger partial charge < -0.3 is 15.1 Å². The Labute approximate surface area is 160 Å². The van der Waals surface area contributed by atoms with Crippen molar-refractivity contribution >= 4 is 17.7 Å². The summed E-state index contributed by atoms with van der Waals surface area (Å²) in [4.78, 5) is 40.6. The zero-order valence-corrected chi connectivity index (χ0v) is 16.2. The van der Waals surface area contributed by atoms with Crippen molar-refractivity contribution in [1.82, 2.24) is 15.1 Å². The van der Waals surface area contributed by atoms with Gasteiger partial charge in [0.1, 0.15) is 12.6 Å². The molecule has 2 saturated heterocycles. The summed E-state index contributed by atoms with van der Waals surface area (Å²) in [5.41, 5.74) is 1.54. The Morgan fingerprint density at radius 3 is 2.63 bits per heavy atom. The standard InChI is InChI=1S/C21H29N3O3/c1-15(2)10-11-22-20(26)17-8-6-16(7-9-17)13-23-14-19(25)24-12-4-3-5-18(24)21(23)27/h6-9,15,18H,3-5,10-14H2,1-2H3,(H,22,26)/t18-/m1/s1. The molecule has 6 nitrogen and oxygen atoms in total. The fourth-order valence-corrected chi connectivity index (χ4v) is 3.72. The predicted octanol–water partition coefficient (Wildman–Crippen LogP) is 2.19. The van der Waals surface area contributed by atoms with Gasteiger partial charge in [-0.05, 0) is 49.3 Å². The van der Waals surface area contributed by atoms with Gasteiger partial charge in [0.05, 0.1) is 0 Å². The summed E-state index contributed by atoms with van der Waals surface area (Å²) in [6.07, 6.45) is 3.69. The van der Waals surface area contributed by atoms with Crippen LogP contribution in [0.25, 0.3) is 0 Å². The van der Waals surface area contributed by atoms with Gasteiger partial charge in [-0.25, -0.2) is 0 Å². The molecule has 0 spiro atoms. The molecular formula is C21H29N3O3. The molecule has 2 aliphatic heterocycles. The molecule has 0 unspecified atom stereocenters. The first kappa shape index (κ1) is 19.4. The number of nitrogens with zero attached hydrogens (tertiary/aromatic N) is 2. The average molecular weight is 371 g/mol. The highest BCUT2D eigenvalue weighted by molar-refractivity contribution is 5.95. The summed E-state index contributed by atoms with van der Waals surface area (Å²) in [7, 11) is 0. The number of carbonyl (C=O) groups excluding carboxylic acids is 3. The summed E-state index contributed by atoms with van der Waals surface area (Å²) in [5, 5.41) is 2.92. The maximum absolute atomic E-state index is 12.7. The molecule has 6 heteroatoms. The van der Waals surface area contributed by atoms with E-state index < -0.39 is 0 Å². The first-order chi connectivity index (χ1) is 13.0. The molecule has 1 aromatic carbocycles. The zero-order valence-electron chi connectivity index (χ0n) is 16.2. The van der Waals surface area contributed by atoms with E-state index >= 15 is 0 Å². The number of carbonyl (C=O) groups is 3. The van der Waals surface area contributed by atoms with Gasteiger partial charge in [-0.2, -0.15) is 0 Å². The number of amides is 3. The number of rotatable bonds is 6. The molecule has 1 aromatic rings. The second-order valence-corrected chi connectivity index (χ2v) is 7.93. The van der Waals surface area contributed by atoms with Gasteiger partial charge in [0, 0.05) is 25.2 Å². The van der Waals surface area contributed by atoms with Crippen LogP contribution in [0.15, 0.2) is 24.3 Å². The van der Waals surface area contributed by atoms with Gasteiger partial charge in [-0.15, -0.1) is 0 Å². The summed E-state index contributed by atoms with van der Waals surface area (Å²) < 4.78 is 0. The van der Waals surface area contributed by atoms with Crippen molar-refractivity contribution in [3.8, 4) is 0 Å². The SMILES string of the molecule is CC(C)CCNC(=O)c1ccc(CN2CC(=O)N3CCCC[C@@H]3C2=O)cc1. The molecule has 0 saturated carbocycles. The molecular weight excluding hydrogens is 342 g/mol. The van der Waals surface area contributed by atoms with Crippen LogP contribution in [0.4, 0.5) is 0 Å². The molecule has 0 aliphatic carbocycles. The quantitative estimate of drug-likeness (QED) is 0.833. The molecule has 2 fully saturated rings. The first-order valence-electron chi connectivity index (χ1n) is 9.91. The molecule has 1 atom stereocenters. The Morgan fingerprint density at radius 2 is 1.93 bits per heavy atom. The fourth-order valence-electron chi connectivity index (χ4n) is 3.72. The molecule has 27 heavy (non-hydrogen) atoms. The van der Waals surface area contributed by atoms with Crippen LogP contribution in [0.5, 0.6) is 0 Å². The Balaban J connectivity index is 1.58. The van der Waals surface area contributed by atoms with Crippen LogP contribution < -0.4 is 5.32 Å². The Morgan fingerprint density at radius 1 is 1.19 bits per heavy atom. The van der Waals surface area contributed by atoms with Crippen molar-refractivity contribution in [2.45, 2.75) is 52.1 Å². The number of fused-ring (bicyclic) bond motifs is 1. The molecule has 0 aromatic heterocycles. The van der Waals surface area contributed by atoms with Gasteiger partial charge in [0.15, 0.2) is 0 Å². The minimum Gasteiger partial charge on any atom is -0.352 e. The summed E-state index contributed by atoms with van der Waals surface area (Å²) in [6, 6.07) is 7.00. The number of piperidine rings is 1. The Bertz CT molecular complexity index is 699. The minimum absolute atomic E-state index is 0.0421. The smallest absolute Gasteiger partial charge is 0.251 e. The molecule has 3 rings (SSSR count). The molecule has 1 N–H and O–H groups in total. The van der Waals surface area contributed by atoms with E-state index in [1.807, 2.05) is 12.1 Å². The molecule has 3 amide bonds. The highest BCUT2D eigenvalue weighted by Crippen LogP contribution is 2.24. The lowest BCUT2D eigenvalue weighted by Gasteiger charge is -2.42. The molecule has 0 radical (unpaired) electrons. The Kier molecular flexibility index (Phi) is 6.14. The highest BCUT2D eigenvalue weighted by atomic mass is 16.2. The number of hydrogen-bond donors (Lipinski definition) is 1. The second-order valence-electron chi connectivity index (χ2n) is 7.93. The maximum Gasteiger partial charge on any atom is 0.251 e. The van der Waals surface area contributed by atoms with Crippen molar-refractivity contribution in [1.29, 1.82) is 0 Å². The third kappa shape index (κ3) is 4.67. The first-order valence-corrected chi connectivity index (χ1v) is 9.91. The molecule has 146 valence electrons. The van der Waals surface area contributed by atoms with E-state index in [0.29, 0.717) is 31.1 Å². The van der Waals surface area contributed by atoms with Crippen molar-refractivity contribution in [2.75, 3.05) is 19.6 Å². The van der Waals surface area contributed by atoms with Crippen LogP contribution in [-0.4, -0.2) is 53.2 Å². The van der Waals surface area contributed by atoms with Crippen molar-refractivity contribution in [2.24, 2.45) is 5.92 Å². The van der Waals surface area contributed by atoms with Crippen molar-refractivity contribution in [3.63, 3.8) is 0 Å². The van der Waals surface area contributed by atoms with Crippen molar-refractivity contribution < 1.29 is 14.4 Å². The van der Waals surface area contributed by atoms with E-state index in [1.165, 1.54) is 0 Å².